The van der Waals surface area contributed by atoms with Crippen molar-refractivity contribution in [3.63, 3.8) is 0 Å². The van der Waals surface area contributed by atoms with Crippen LogP contribution in [0.2, 0.25) is 0 Å². The van der Waals surface area contributed by atoms with E-state index in [4.69, 9.17) is 0 Å². The number of nitrogens with one attached hydrogen (secondary N) is 2. The maximum absolute atomic E-state index is 12.2. The highest BCUT2D eigenvalue weighted by Crippen LogP contribution is 2.29. The van der Waals surface area contributed by atoms with E-state index in [0.29, 0.717) is 5.75 Å². The Balaban J connectivity index is 1.68. The molecule has 2 amide bonds. The molecule has 1 saturated heterocycles. The van der Waals surface area contributed by atoms with E-state index in [-0.39, 0.29) is 16.7 Å². The van der Waals surface area contributed by atoms with Gasteiger partial charge in [0.15, 0.2) is 0 Å². The Hall–Kier alpha value is -1.49. The van der Waals surface area contributed by atoms with Crippen LogP contribution in [-0.4, -0.2) is 28.5 Å². The van der Waals surface area contributed by atoms with Crippen LogP contribution in [0.3, 0.4) is 0 Å². The summed E-state index contributed by atoms with van der Waals surface area (Å²) in [7, 11) is 0. The number of carbonyl (C=O) groups is 2. The Kier molecular flexibility index (Phi) is 3.01. The van der Waals surface area contributed by atoms with Gasteiger partial charge in [0.1, 0.15) is 6.04 Å². The molecule has 0 bridgehead atoms. The van der Waals surface area contributed by atoms with Gasteiger partial charge < -0.3 is 10.6 Å². The molecule has 0 spiro atoms. The molecular formula is C14H16N2O2S. The summed E-state index contributed by atoms with van der Waals surface area (Å²) in [4.78, 5) is 23.3. The zero-order valence-corrected chi connectivity index (χ0v) is 11.5. The normalized spacial score (nSPS) is 23.8. The van der Waals surface area contributed by atoms with Gasteiger partial charge in [0, 0.05) is 11.3 Å². The highest BCUT2D eigenvalue weighted by molar-refractivity contribution is 8.14. The smallest absolute Gasteiger partial charge is 0.279 e. The Morgan fingerprint density at radius 1 is 1.37 bits per heavy atom. The third-order valence-electron chi connectivity index (χ3n) is 3.69. The van der Waals surface area contributed by atoms with Gasteiger partial charge in [0.05, 0.1) is 0 Å². The molecule has 19 heavy (non-hydrogen) atoms. The molecule has 1 aromatic rings. The van der Waals surface area contributed by atoms with Gasteiger partial charge in [0.2, 0.25) is 5.91 Å². The average Bonchev–Trinajstić information content (AvgIpc) is 2.91. The standard InChI is InChI=1S/C14H16N2O2S/c1-14(6-9-4-2-3-5-10(9)7-14)16-12(17)11-8-19-13(18)15-11/h2-5,11H,6-8H2,1H3,(H,15,18)(H,16,17). The van der Waals surface area contributed by atoms with Gasteiger partial charge in [-0.15, -0.1) is 0 Å². The number of thioether (sulfide) groups is 1. The minimum atomic E-state index is -0.391. The number of carbonyl (C=O) groups excluding carboxylic acids is 2. The number of fused-ring (bicyclic) bond motifs is 1. The van der Waals surface area contributed by atoms with Crippen LogP contribution >= 0.6 is 11.8 Å². The Morgan fingerprint density at radius 3 is 2.53 bits per heavy atom. The quantitative estimate of drug-likeness (QED) is 0.860. The highest BCUT2D eigenvalue weighted by Gasteiger charge is 2.37. The zero-order valence-electron chi connectivity index (χ0n) is 10.7. The fraction of sp³-hybridized carbons (Fsp3) is 0.429. The van der Waals surface area contributed by atoms with Crippen molar-refractivity contribution in [2.24, 2.45) is 0 Å². The lowest BCUT2D eigenvalue weighted by Crippen LogP contribution is -2.53. The topological polar surface area (TPSA) is 58.2 Å². The van der Waals surface area contributed by atoms with Crippen LogP contribution in [0.15, 0.2) is 24.3 Å². The minimum absolute atomic E-state index is 0.0753. The lowest BCUT2D eigenvalue weighted by molar-refractivity contribution is -0.123. The van der Waals surface area contributed by atoms with Gasteiger partial charge in [0.25, 0.3) is 5.24 Å². The molecule has 1 unspecified atom stereocenters. The molecule has 0 saturated carbocycles. The van der Waals surface area contributed by atoms with Gasteiger partial charge in [-0.2, -0.15) is 0 Å². The van der Waals surface area contributed by atoms with E-state index in [1.54, 1.807) is 0 Å². The third-order valence-corrected chi connectivity index (χ3v) is 4.57. The molecule has 3 rings (SSSR count). The van der Waals surface area contributed by atoms with E-state index in [2.05, 4.69) is 29.7 Å². The molecule has 0 aromatic heterocycles. The van der Waals surface area contributed by atoms with Gasteiger partial charge in [-0.1, -0.05) is 36.0 Å². The molecule has 1 atom stereocenters. The molecule has 1 fully saturated rings. The van der Waals surface area contributed by atoms with Gasteiger partial charge in [-0.25, -0.2) is 0 Å². The van der Waals surface area contributed by atoms with Crippen molar-refractivity contribution < 1.29 is 9.59 Å². The first kappa shape index (κ1) is 12.5. The summed E-state index contributed by atoms with van der Waals surface area (Å²) in [5, 5.41) is 5.66. The summed E-state index contributed by atoms with van der Waals surface area (Å²) >= 11 is 1.17. The first-order valence-electron chi connectivity index (χ1n) is 6.38. The molecule has 1 aromatic carbocycles. The first-order chi connectivity index (χ1) is 9.06. The highest BCUT2D eigenvalue weighted by atomic mass is 32.2. The molecule has 2 N–H and O–H groups in total. The molecule has 1 heterocycles. The fourth-order valence-corrected chi connectivity index (χ4v) is 3.58. The second-order valence-corrected chi connectivity index (χ2v) is 6.46. The van der Waals surface area contributed by atoms with Crippen molar-refractivity contribution >= 4 is 22.9 Å². The number of amides is 2. The second kappa shape index (κ2) is 4.56. The number of benzene rings is 1. The Bertz CT molecular complexity index is 519. The zero-order chi connectivity index (χ0) is 13.5. The van der Waals surface area contributed by atoms with Gasteiger partial charge in [-0.3, -0.25) is 9.59 Å². The third kappa shape index (κ3) is 2.47. The summed E-state index contributed by atoms with van der Waals surface area (Å²) < 4.78 is 0. The number of hydrogen-bond acceptors (Lipinski definition) is 3. The lowest BCUT2D eigenvalue weighted by Gasteiger charge is -2.27. The monoisotopic (exact) mass is 276 g/mol. The van der Waals surface area contributed by atoms with Crippen molar-refractivity contribution in [1.82, 2.24) is 10.6 Å². The fourth-order valence-electron chi connectivity index (χ4n) is 2.80. The molecule has 0 radical (unpaired) electrons. The first-order valence-corrected chi connectivity index (χ1v) is 7.36. The summed E-state index contributed by atoms with van der Waals surface area (Å²) in [5.41, 5.74) is 2.36. The molecule has 2 aliphatic rings. The van der Waals surface area contributed by atoms with Crippen molar-refractivity contribution in [3.05, 3.63) is 35.4 Å². The van der Waals surface area contributed by atoms with Crippen LogP contribution < -0.4 is 10.6 Å². The predicted octanol–water partition coefficient (Wildman–Crippen LogP) is 1.49. The largest absolute Gasteiger partial charge is 0.348 e. The van der Waals surface area contributed by atoms with Crippen LogP contribution in [0.5, 0.6) is 0 Å². The van der Waals surface area contributed by atoms with E-state index in [0.717, 1.165) is 12.8 Å². The summed E-state index contributed by atoms with van der Waals surface area (Å²) in [6.07, 6.45) is 1.70. The lowest BCUT2D eigenvalue weighted by atomic mass is 9.98. The predicted molar refractivity (Wildman–Crippen MR) is 75.2 cm³/mol. The summed E-state index contributed by atoms with van der Waals surface area (Å²) in [5.74, 6) is 0.446. The van der Waals surface area contributed by atoms with Crippen molar-refractivity contribution in [2.75, 3.05) is 5.75 Å². The van der Waals surface area contributed by atoms with Crippen LogP contribution in [0.25, 0.3) is 0 Å². The molecule has 100 valence electrons. The van der Waals surface area contributed by atoms with Crippen LogP contribution in [-0.2, 0) is 17.6 Å². The van der Waals surface area contributed by atoms with Crippen molar-refractivity contribution in [1.29, 1.82) is 0 Å². The minimum Gasteiger partial charge on any atom is -0.348 e. The molecule has 1 aliphatic heterocycles. The Labute approximate surface area is 116 Å². The van der Waals surface area contributed by atoms with E-state index < -0.39 is 6.04 Å². The summed E-state index contributed by atoms with van der Waals surface area (Å²) in [6, 6.07) is 7.89. The number of rotatable bonds is 2. The molecule has 4 nitrogen and oxygen atoms in total. The van der Waals surface area contributed by atoms with Crippen molar-refractivity contribution in [3.8, 4) is 0 Å². The molecule has 1 aliphatic carbocycles. The van der Waals surface area contributed by atoms with Gasteiger partial charge in [-0.05, 0) is 30.9 Å². The van der Waals surface area contributed by atoms with E-state index in [9.17, 15) is 9.59 Å². The SMILES string of the molecule is CC1(NC(=O)C2CSC(=O)N2)Cc2ccccc2C1. The molecular weight excluding hydrogens is 260 g/mol. The van der Waals surface area contributed by atoms with E-state index in [1.807, 2.05) is 12.1 Å². The van der Waals surface area contributed by atoms with Crippen LogP contribution in [0.1, 0.15) is 18.1 Å². The van der Waals surface area contributed by atoms with E-state index >= 15 is 0 Å². The van der Waals surface area contributed by atoms with Crippen molar-refractivity contribution in [2.45, 2.75) is 31.3 Å². The van der Waals surface area contributed by atoms with Gasteiger partial charge >= 0.3 is 0 Å². The second-order valence-electron chi connectivity index (χ2n) is 5.47. The Morgan fingerprint density at radius 2 is 2.00 bits per heavy atom. The van der Waals surface area contributed by atoms with E-state index in [1.165, 1.54) is 22.9 Å². The maximum atomic E-state index is 12.2. The maximum Gasteiger partial charge on any atom is 0.279 e. The number of hydrogen-bond donors (Lipinski definition) is 2. The van der Waals surface area contributed by atoms with Crippen LogP contribution in [0, 0.1) is 0 Å². The van der Waals surface area contributed by atoms with Crippen LogP contribution in [0.4, 0.5) is 4.79 Å². The summed E-state index contributed by atoms with van der Waals surface area (Å²) in [6.45, 7) is 2.06. The average molecular weight is 276 g/mol. The molecule has 5 heteroatoms.